The van der Waals surface area contributed by atoms with Gasteiger partial charge in [-0.3, -0.25) is 4.90 Å². The highest BCUT2D eigenvalue weighted by Crippen LogP contribution is 2.22. The van der Waals surface area contributed by atoms with Crippen molar-refractivity contribution < 1.29 is 4.74 Å². The predicted octanol–water partition coefficient (Wildman–Crippen LogP) is 3.08. The number of hydrogen-bond donors (Lipinski definition) is 1. The third-order valence-corrected chi connectivity index (χ3v) is 3.90. The Balaban J connectivity index is 0.00000200. The van der Waals surface area contributed by atoms with E-state index in [1.165, 1.54) is 31.4 Å². The van der Waals surface area contributed by atoms with Gasteiger partial charge in [0, 0.05) is 18.2 Å². The van der Waals surface area contributed by atoms with Gasteiger partial charge in [-0.05, 0) is 45.0 Å². The van der Waals surface area contributed by atoms with Crippen molar-refractivity contribution in [2.45, 2.75) is 38.8 Å². The van der Waals surface area contributed by atoms with Gasteiger partial charge >= 0.3 is 0 Å². The number of nitrogens with one attached hydrogen (secondary N) is 1. The van der Waals surface area contributed by atoms with Gasteiger partial charge < -0.3 is 10.1 Å². The summed E-state index contributed by atoms with van der Waals surface area (Å²) in [6.07, 6.45) is 3.73. The van der Waals surface area contributed by atoms with Crippen LogP contribution >= 0.6 is 12.4 Å². The Kier molecular flexibility index (Phi) is 7.97. The zero-order valence-electron chi connectivity index (χ0n) is 12.6. The van der Waals surface area contributed by atoms with Crippen LogP contribution in [0.4, 0.5) is 0 Å². The van der Waals surface area contributed by atoms with Crippen LogP contribution in [-0.4, -0.2) is 37.7 Å². The first kappa shape index (κ1) is 17.3. The summed E-state index contributed by atoms with van der Waals surface area (Å²) in [5.41, 5.74) is 1.30. The molecule has 0 unspecified atom stereocenters. The summed E-state index contributed by atoms with van der Waals surface area (Å²) < 4.78 is 5.47. The minimum absolute atomic E-state index is 0. The Morgan fingerprint density at radius 2 is 1.95 bits per heavy atom. The maximum absolute atomic E-state index is 5.47. The van der Waals surface area contributed by atoms with E-state index in [0.29, 0.717) is 6.04 Å². The number of ether oxygens (including phenoxy) is 1. The standard InChI is InChI=1S/C16H26N2O.ClH/c1-3-12-18(15-8-10-17-11-9-15)13-14-6-4-5-7-16(14)19-2;/h4-7,15,17H,3,8-13H2,1-2H3;1H. The number of para-hydroxylation sites is 1. The number of rotatable bonds is 6. The van der Waals surface area contributed by atoms with E-state index in [9.17, 15) is 0 Å². The second-order valence-electron chi connectivity index (χ2n) is 5.26. The first-order valence-corrected chi connectivity index (χ1v) is 7.41. The number of benzene rings is 1. The lowest BCUT2D eigenvalue weighted by molar-refractivity contribution is 0.152. The van der Waals surface area contributed by atoms with E-state index in [1.54, 1.807) is 7.11 Å². The number of nitrogens with zero attached hydrogens (tertiary/aromatic N) is 1. The monoisotopic (exact) mass is 298 g/mol. The molecule has 1 aliphatic heterocycles. The first-order valence-electron chi connectivity index (χ1n) is 7.41. The summed E-state index contributed by atoms with van der Waals surface area (Å²) in [5, 5.41) is 3.45. The number of methoxy groups -OCH3 is 1. The molecule has 0 saturated carbocycles. The summed E-state index contributed by atoms with van der Waals surface area (Å²) in [5.74, 6) is 1.01. The molecule has 114 valence electrons. The molecule has 0 atom stereocenters. The van der Waals surface area contributed by atoms with Crippen LogP contribution in [0.2, 0.25) is 0 Å². The largest absolute Gasteiger partial charge is 0.496 e. The molecule has 0 aromatic heterocycles. The van der Waals surface area contributed by atoms with E-state index in [0.717, 1.165) is 25.4 Å². The fourth-order valence-corrected chi connectivity index (χ4v) is 2.90. The van der Waals surface area contributed by atoms with Crippen molar-refractivity contribution in [3.05, 3.63) is 29.8 Å². The van der Waals surface area contributed by atoms with Gasteiger partial charge in [-0.1, -0.05) is 25.1 Å². The summed E-state index contributed by atoms with van der Waals surface area (Å²) in [4.78, 5) is 2.62. The number of piperidine rings is 1. The zero-order valence-corrected chi connectivity index (χ0v) is 13.4. The maximum atomic E-state index is 5.47. The topological polar surface area (TPSA) is 24.5 Å². The van der Waals surface area contributed by atoms with Gasteiger partial charge in [0.2, 0.25) is 0 Å². The van der Waals surface area contributed by atoms with Crippen molar-refractivity contribution in [3.63, 3.8) is 0 Å². The average Bonchev–Trinajstić information content (AvgIpc) is 2.48. The quantitative estimate of drug-likeness (QED) is 0.873. The molecule has 4 heteroatoms. The van der Waals surface area contributed by atoms with Gasteiger partial charge in [0.05, 0.1) is 7.11 Å². The van der Waals surface area contributed by atoms with E-state index < -0.39 is 0 Å². The van der Waals surface area contributed by atoms with Gasteiger partial charge in [-0.2, -0.15) is 0 Å². The van der Waals surface area contributed by atoms with Gasteiger partial charge in [0.1, 0.15) is 5.75 Å². The Labute approximate surface area is 129 Å². The van der Waals surface area contributed by atoms with Crippen LogP contribution in [0.3, 0.4) is 0 Å². The van der Waals surface area contributed by atoms with E-state index >= 15 is 0 Å². The van der Waals surface area contributed by atoms with Gasteiger partial charge in [0.15, 0.2) is 0 Å². The third kappa shape index (κ3) is 4.65. The Morgan fingerprint density at radius 1 is 1.25 bits per heavy atom. The molecule has 1 aromatic rings. The van der Waals surface area contributed by atoms with Crippen LogP contribution in [-0.2, 0) is 6.54 Å². The minimum atomic E-state index is 0. The molecule has 1 N–H and O–H groups in total. The lowest BCUT2D eigenvalue weighted by Gasteiger charge is -2.34. The van der Waals surface area contributed by atoms with E-state index in [2.05, 4.69) is 35.3 Å². The predicted molar refractivity (Wildman–Crippen MR) is 86.8 cm³/mol. The van der Waals surface area contributed by atoms with Gasteiger partial charge in [0.25, 0.3) is 0 Å². The van der Waals surface area contributed by atoms with Crippen molar-refractivity contribution in [1.82, 2.24) is 10.2 Å². The molecule has 1 heterocycles. The van der Waals surface area contributed by atoms with Crippen molar-refractivity contribution in [2.75, 3.05) is 26.7 Å². The minimum Gasteiger partial charge on any atom is -0.496 e. The van der Waals surface area contributed by atoms with Crippen LogP contribution in [0.25, 0.3) is 0 Å². The molecule has 1 aromatic carbocycles. The van der Waals surface area contributed by atoms with E-state index in [-0.39, 0.29) is 12.4 Å². The SMILES string of the molecule is CCCN(Cc1ccccc1OC)C1CCNCC1.Cl. The molecular weight excluding hydrogens is 272 g/mol. The van der Waals surface area contributed by atoms with E-state index in [1.807, 2.05) is 6.07 Å². The van der Waals surface area contributed by atoms with Crippen LogP contribution in [0.1, 0.15) is 31.7 Å². The number of halogens is 1. The Hall–Kier alpha value is -0.770. The molecule has 3 nitrogen and oxygen atoms in total. The first-order chi connectivity index (χ1) is 9.35. The molecular formula is C16H27ClN2O. The molecule has 1 saturated heterocycles. The highest BCUT2D eigenvalue weighted by molar-refractivity contribution is 5.85. The summed E-state index contributed by atoms with van der Waals surface area (Å²) in [7, 11) is 1.76. The van der Waals surface area contributed by atoms with Crippen molar-refractivity contribution in [1.29, 1.82) is 0 Å². The van der Waals surface area contributed by atoms with Crippen LogP contribution < -0.4 is 10.1 Å². The maximum Gasteiger partial charge on any atom is 0.123 e. The molecule has 1 fully saturated rings. The lowest BCUT2D eigenvalue weighted by atomic mass is 10.0. The highest BCUT2D eigenvalue weighted by Gasteiger charge is 2.21. The van der Waals surface area contributed by atoms with Gasteiger partial charge in [-0.15, -0.1) is 12.4 Å². The molecule has 2 rings (SSSR count). The average molecular weight is 299 g/mol. The van der Waals surface area contributed by atoms with Crippen LogP contribution in [0.15, 0.2) is 24.3 Å². The van der Waals surface area contributed by atoms with E-state index in [4.69, 9.17) is 4.74 Å². The second kappa shape index (κ2) is 9.22. The lowest BCUT2D eigenvalue weighted by Crippen LogP contribution is -2.43. The summed E-state index contributed by atoms with van der Waals surface area (Å²) >= 11 is 0. The fraction of sp³-hybridized carbons (Fsp3) is 0.625. The zero-order chi connectivity index (χ0) is 13.5. The van der Waals surface area contributed by atoms with Crippen molar-refractivity contribution >= 4 is 12.4 Å². The summed E-state index contributed by atoms with van der Waals surface area (Å²) in [6.45, 7) is 6.73. The molecule has 0 aliphatic carbocycles. The second-order valence-corrected chi connectivity index (χ2v) is 5.26. The molecule has 20 heavy (non-hydrogen) atoms. The molecule has 0 amide bonds. The molecule has 0 radical (unpaired) electrons. The normalized spacial score (nSPS) is 15.9. The molecule has 0 bridgehead atoms. The van der Waals surface area contributed by atoms with Crippen LogP contribution in [0.5, 0.6) is 5.75 Å². The van der Waals surface area contributed by atoms with Crippen LogP contribution in [0, 0.1) is 0 Å². The van der Waals surface area contributed by atoms with Gasteiger partial charge in [-0.25, -0.2) is 0 Å². The highest BCUT2D eigenvalue weighted by atomic mass is 35.5. The third-order valence-electron chi connectivity index (χ3n) is 3.90. The number of hydrogen-bond acceptors (Lipinski definition) is 3. The Bertz CT molecular complexity index is 380. The van der Waals surface area contributed by atoms with Crippen molar-refractivity contribution in [2.24, 2.45) is 0 Å². The smallest absolute Gasteiger partial charge is 0.123 e. The molecule has 0 spiro atoms. The summed E-state index contributed by atoms with van der Waals surface area (Å²) in [6, 6.07) is 9.09. The van der Waals surface area contributed by atoms with Crippen molar-refractivity contribution in [3.8, 4) is 5.75 Å². The molecule has 1 aliphatic rings. The Morgan fingerprint density at radius 3 is 2.60 bits per heavy atom. The fourth-order valence-electron chi connectivity index (χ4n) is 2.90.